The normalized spacial score (nSPS) is 12.0. The molecule has 3 nitrogen and oxygen atoms in total. The van der Waals surface area contributed by atoms with Gasteiger partial charge in [-0.05, 0) is 17.5 Å². The van der Waals surface area contributed by atoms with Gasteiger partial charge in [-0.2, -0.15) is 0 Å². The highest BCUT2D eigenvalue weighted by Gasteiger charge is 2.14. The van der Waals surface area contributed by atoms with Crippen LogP contribution in [0.5, 0.6) is 0 Å². The van der Waals surface area contributed by atoms with Crippen molar-refractivity contribution in [1.29, 1.82) is 0 Å². The standard InChI is InChI=1S/C9H13NO2S/c1-7(2)8-6-10-5-4-9(8)13(3,11)12/h4-7H,1-3H3. The predicted molar refractivity (Wildman–Crippen MR) is 51.4 cm³/mol. The highest BCUT2D eigenvalue weighted by Crippen LogP contribution is 2.21. The highest BCUT2D eigenvalue weighted by molar-refractivity contribution is 7.90. The summed E-state index contributed by atoms with van der Waals surface area (Å²) in [6.07, 6.45) is 4.33. The van der Waals surface area contributed by atoms with Crippen molar-refractivity contribution < 1.29 is 8.42 Å². The Morgan fingerprint density at radius 2 is 2.00 bits per heavy atom. The Hall–Kier alpha value is -0.900. The van der Waals surface area contributed by atoms with Crippen LogP contribution in [0.25, 0.3) is 0 Å². The van der Waals surface area contributed by atoms with Crippen LogP contribution in [0.4, 0.5) is 0 Å². The van der Waals surface area contributed by atoms with Crippen LogP contribution in [0.2, 0.25) is 0 Å². The van der Waals surface area contributed by atoms with Crippen molar-refractivity contribution in [3.8, 4) is 0 Å². The first-order valence-electron chi connectivity index (χ1n) is 4.07. The van der Waals surface area contributed by atoms with Crippen LogP contribution in [0, 0.1) is 0 Å². The third-order valence-corrected chi connectivity index (χ3v) is 3.00. The van der Waals surface area contributed by atoms with Gasteiger partial charge in [0.05, 0.1) is 4.90 Å². The maximum absolute atomic E-state index is 11.3. The second-order valence-corrected chi connectivity index (χ2v) is 5.32. The predicted octanol–water partition coefficient (Wildman–Crippen LogP) is 1.61. The number of rotatable bonds is 2. The van der Waals surface area contributed by atoms with Crippen LogP contribution in [-0.4, -0.2) is 19.7 Å². The van der Waals surface area contributed by atoms with Crippen LogP contribution < -0.4 is 0 Å². The molecule has 0 N–H and O–H groups in total. The Kier molecular flexibility index (Phi) is 2.71. The van der Waals surface area contributed by atoms with Crippen molar-refractivity contribution in [3.05, 3.63) is 24.0 Å². The molecule has 0 unspecified atom stereocenters. The molecule has 0 atom stereocenters. The van der Waals surface area contributed by atoms with Gasteiger partial charge < -0.3 is 0 Å². The van der Waals surface area contributed by atoms with Gasteiger partial charge in [0.2, 0.25) is 0 Å². The van der Waals surface area contributed by atoms with E-state index in [1.807, 2.05) is 13.8 Å². The van der Waals surface area contributed by atoms with Crippen molar-refractivity contribution in [2.75, 3.05) is 6.26 Å². The van der Waals surface area contributed by atoms with E-state index in [-0.39, 0.29) is 5.92 Å². The largest absolute Gasteiger partial charge is 0.264 e. The van der Waals surface area contributed by atoms with Gasteiger partial charge in [-0.3, -0.25) is 4.98 Å². The zero-order valence-corrected chi connectivity index (χ0v) is 8.80. The van der Waals surface area contributed by atoms with Gasteiger partial charge in [0, 0.05) is 18.6 Å². The lowest BCUT2D eigenvalue weighted by Gasteiger charge is -2.09. The molecule has 0 saturated carbocycles. The molecule has 1 rings (SSSR count). The number of hydrogen-bond acceptors (Lipinski definition) is 3. The highest BCUT2D eigenvalue weighted by atomic mass is 32.2. The summed E-state index contributed by atoms with van der Waals surface area (Å²) in [4.78, 5) is 4.30. The Bertz CT molecular complexity index is 396. The molecule has 0 radical (unpaired) electrons. The summed E-state index contributed by atoms with van der Waals surface area (Å²) in [6.45, 7) is 3.90. The molecular formula is C9H13NO2S. The maximum Gasteiger partial charge on any atom is 0.175 e. The average molecular weight is 199 g/mol. The molecule has 72 valence electrons. The topological polar surface area (TPSA) is 47.0 Å². The first-order chi connectivity index (χ1) is 5.93. The molecule has 0 fully saturated rings. The van der Waals surface area contributed by atoms with Gasteiger partial charge in [-0.25, -0.2) is 8.42 Å². The zero-order chi connectivity index (χ0) is 10.1. The van der Waals surface area contributed by atoms with E-state index in [1.165, 1.54) is 12.5 Å². The second-order valence-electron chi connectivity index (χ2n) is 3.34. The van der Waals surface area contributed by atoms with Gasteiger partial charge in [0.25, 0.3) is 0 Å². The summed E-state index contributed by atoms with van der Waals surface area (Å²) < 4.78 is 22.7. The fraction of sp³-hybridized carbons (Fsp3) is 0.444. The minimum Gasteiger partial charge on any atom is -0.264 e. The molecule has 0 aromatic carbocycles. The van der Waals surface area contributed by atoms with E-state index in [2.05, 4.69) is 4.98 Å². The minimum atomic E-state index is -3.12. The maximum atomic E-state index is 11.3. The number of sulfone groups is 1. The quantitative estimate of drug-likeness (QED) is 0.727. The van der Waals surface area contributed by atoms with Crippen LogP contribution in [0.15, 0.2) is 23.4 Å². The van der Waals surface area contributed by atoms with Crippen LogP contribution >= 0.6 is 0 Å². The summed E-state index contributed by atoms with van der Waals surface area (Å²) in [5.74, 6) is 0.179. The van der Waals surface area contributed by atoms with E-state index in [0.717, 1.165) is 5.56 Å². The van der Waals surface area contributed by atoms with Gasteiger partial charge in [0.1, 0.15) is 0 Å². The Balaban J connectivity index is 3.37. The first kappa shape index (κ1) is 10.2. The lowest BCUT2D eigenvalue weighted by atomic mass is 10.1. The summed E-state index contributed by atoms with van der Waals surface area (Å²) >= 11 is 0. The molecule has 0 aliphatic carbocycles. The number of aromatic nitrogens is 1. The summed E-state index contributed by atoms with van der Waals surface area (Å²) in [5.41, 5.74) is 0.782. The Morgan fingerprint density at radius 3 is 2.38 bits per heavy atom. The SMILES string of the molecule is CC(C)c1cnccc1S(C)(=O)=O. The summed E-state index contributed by atoms with van der Waals surface area (Å²) in [6, 6.07) is 1.55. The smallest absolute Gasteiger partial charge is 0.175 e. The zero-order valence-electron chi connectivity index (χ0n) is 7.98. The van der Waals surface area contributed by atoms with Crippen molar-refractivity contribution in [3.63, 3.8) is 0 Å². The van der Waals surface area contributed by atoms with Crippen LogP contribution in [-0.2, 0) is 9.84 Å². The van der Waals surface area contributed by atoms with Gasteiger partial charge in [-0.15, -0.1) is 0 Å². The fourth-order valence-corrected chi connectivity index (χ4v) is 2.19. The van der Waals surface area contributed by atoms with E-state index in [0.29, 0.717) is 4.90 Å². The average Bonchev–Trinajstić information content (AvgIpc) is 2.03. The number of nitrogens with zero attached hydrogens (tertiary/aromatic N) is 1. The lowest BCUT2D eigenvalue weighted by molar-refractivity contribution is 0.599. The van der Waals surface area contributed by atoms with E-state index in [9.17, 15) is 8.42 Å². The summed E-state index contributed by atoms with van der Waals surface area (Å²) in [7, 11) is -3.12. The van der Waals surface area contributed by atoms with Crippen LogP contribution in [0.3, 0.4) is 0 Å². The van der Waals surface area contributed by atoms with Gasteiger partial charge in [0.15, 0.2) is 9.84 Å². The van der Waals surface area contributed by atoms with Crippen molar-refractivity contribution >= 4 is 9.84 Å². The lowest BCUT2D eigenvalue weighted by Crippen LogP contribution is -2.04. The first-order valence-corrected chi connectivity index (χ1v) is 5.96. The molecule has 0 aliphatic rings. The third kappa shape index (κ3) is 2.28. The van der Waals surface area contributed by atoms with Crippen molar-refractivity contribution in [2.24, 2.45) is 0 Å². The molecule has 0 aliphatic heterocycles. The monoisotopic (exact) mass is 199 g/mol. The molecule has 0 amide bonds. The molecule has 0 saturated heterocycles. The van der Waals surface area contributed by atoms with E-state index in [4.69, 9.17) is 0 Å². The number of hydrogen-bond donors (Lipinski definition) is 0. The Morgan fingerprint density at radius 1 is 1.38 bits per heavy atom. The molecule has 1 heterocycles. The number of pyridine rings is 1. The molecule has 4 heteroatoms. The third-order valence-electron chi connectivity index (χ3n) is 1.83. The van der Waals surface area contributed by atoms with Crippen LogP contribution in [0.1, 0.15) is 25.3 Å². The minimum absolute atomic E-state index is 0.179. The molecule has 1 aromatic rings. The van der Waals surface area contributed by atoms with E-state index in [1.54, 1.807) is 12.3 Å². The van der Waals surface area contributed by atoms with E-state index >= 15 is 0 Å². The molecule has 0 bridgehead atoms. The molecule has 13 heavy (non-hydrogen) atoms. The molecular weight excluding hydrogens is 186 g/mol. The van der Waals surface area contributed by atoms with E-state index < -0.39 is 9.84 Å². The summed E-state index contributed by atoms with van der Waals surface area (Å²) in [5, 5.41) is 0. The Labute approximate surface area is 78.7 Å². The fourth-order valence-electron chi connectivity index (χ4n) is 1.17. The van der Waals surface area contributed by atoms with Gasteiger partial charge >= 0.3 is 0 Å². The molecule has 0 spiro atoms. The molecule has 1 aromatic heterocycles. The van der Waals surface area contributed by atoms with Crippen molar-refractivity contribution in [2.45, 2.75) is 24.7 Å². The second kappa shape index (κ2) is 3.46. The van der Waals surface area contributed by atoms with Crippen molar-refractivity contribution in [1.82, 2.24) is 4.98 Å². The van der Waals surface area contributed by atoms with Gasteiger partial charge in [-0.1, -0.05) is 13.8 Å².